The number of aliphatic hydroxyl groups excluding tert-OH is 1. The molecule has 0 saturated heterocycles. The highest BCUT2D eigenvalue weighted by molar-refractivity contribution is 7.17. The first-order valence-corrected chi connectivity index (χ1v) is 6.61. The summed E-state index contributed by atoms with van der Waals surface area (Å²) in [6.45, 7) is 3.42. The topological polar surface area (TPSA) is 54.3 Å². The Morgan fingerprint density at radius 3 is 3.12 bits per heavy atom. The van der Waals surface area contributed by atoms with E-state index >= 15 is 0 Å². The van der Waals surface area contributed by atoms with E-state index in [2.05, 4.69) is 5.32 Å². The quantitative estimate of drug-likeness (QED) is 0.798. The molecule has 0 unspecified atom stereocenters. The van der Waals surface area contributed by atoms with Crippen molar-refractivity contribution in [1.29, 1.82) is 0 Å². The van der Waals surface area contributed by atoms with Crippen LogP contribution in [0.3, 0.4) is 0 Å². The third kappa shape index (κ3) is 2.35. The minimum atomic E-state index is -0.0660. The monoisotopic (exact) mass is 252 g/mol. The molecule has 2 rings (SSSR count). The molecule has 4 nitrogen and oxygen atoms in total. The minimum Gasteiger partial charge on any atom is -0.396 e. The zero-order valence-electron chi connectivity index (χ0n) is 9.77. The molecule has 0 aromatic carbocycles. The Bertz CT molecular complexity index is 516. The first-order valence-electron chi connectivity index (χ1n) is 5.73. The lowest BCUT2D eigenvalue weighted by molar-refractivity contribution is 0.0942. The van der Waals surface area contributed by atoms with Gasteiger partial charge in [-0.25, -0.2) is 0 Å². The normalized spacial score (nSPS) is 10.9. The summed E-state index contributed by atoms with van der Waals surface area (Å²) in [4.78, 5) is 12.0. The second-order valence-electron chi connectivity index (χ2n) is 3.78. The van der Waals surface area contributed by atoms with Crippen LogP contribution in [0.25, 0.3) is 10.2 Å². The molecule has 5 heteroatoms. The number of rotatable bonds is 5. The highest BCUT2D eigenvalue weighted by Crippen LogP contribution is 2.25. The van der Waals surface area contributed by atoms with Crippen LogP contribution in [0.15, 0.2) is 17.5 Å². The van der Waals surface area contributed by atoms with Crippen molar-refractivity contribution >= 4 is 27.5 Å². The fourth-order valence-corrected chi connectivity index (χ4v) is 2.70. The summed E-state index contributed by atoms with van der Waals surface area (Å²) in [5.41, 5.74) is 1.82. The van der Waals surface area contributed by atoms with Gasteiger partial charge in [-0.15, -0.1) is 11.3 Å². The number of nitrogens with one attached hydrogen (secondary N) is 1. The number of aryl methyl sites for hydroxylation is 1. The molecular weight excluding hydrogens is 236 g/mol. The predicted octanol–water partition coefficient (Wildman–Crippen LogP) is 1.83. The summed E-state index contributed by atoms with van der Waals surface area (Å²) in [5, 5.41) is 13.5. The van der Waals surface area contributed by atoms with Crippen LogP contribution in [-0.2, 0) is 6.54 Å². The van der Waals surface area contributed by atoms with Crippen LogP contribution < -0.4 is 5.32 Å². The van der Waals surface area contributed by atoms with E-state index in [0.717, 1.165) is 16.8 Å². The summed E-state index contributed by atoms with van der Waals surface area (Å²) >= 11 is 1.64. The number of aromatic nitrogens is 1. The van der Waals surface area contributed by atoms with Gasteiger partial charge < -0.3 is 15.0 Å². The van der Waals surface area contributed by atoms with Crippen molar-refractivity contribution in [2.75, 3.05) is 13.2 Å². The van der Waals surface area contributed by atoms with Crippen molar-refractivity contribution in [2.45, 2.75) is 19.9 Å². The van der Waals surface area contributed by atoms with Gasteiger partial charge in [-0.2, -0.15) is 0 Å². The van der Waals surface area contributed by atoms with Gasteiger partial charge in [-0.1, -0.05) is 0 Å². The predicted molar refractivity (Wildman–Crippen MR) is 69.5 cm³/mol. The molecule has 0 saturated carbocycles. The Hall–Kier alpha value is -1.33. The van der Waals surface area contributed by atoms with Crippen LogP contribution in [-0.4, -0.2) is 28.7 Å². The Morgan fingerprint density at radius 2 is 2.41 bits per heavy atom. The van der Waals surface area contributed by atoms with Crippen LogP contribution in [0, 0.1) is 0 Å². The molecule has 2 heterocycles. The van der Waals surface area contributed by atoms with Crippen molar-refractivity contribution in [3.05, 3.63) is 23.2 Å². The maximum absolute atomic E-state index is 12.0. The average molecular weight is 252 g/mol. The van der Waals surface area contributed by atoms with E-state index in [0.29, 0.717) is 18.7 Å². The van der Waals surface area contributed by atoms with Crippen LogP contribution in [0.4, 0.5) is 0 Å². The molecule has 2 aromatic heterocycles. The Balaban J connectivity index is 2.21. The van der Waals surface area contributed by atoms with Crippen LogP contribution >= 0.6 is 11.3 Å². The molecule has 0 radical (unpaired) electrons. The number of aliphatic hydroxyl groups is 1. The van der Waals surface area contributed by atoms with Gasteiger partial charge in [0.25, 0.3) is 5.91 Å². The standard InChI is InChI=1S/C12H16N2O2S/c1-2-14-9-4-7-17-11(9)8-10(14)12(16)13-5-3-6-15/h4,7-8,15H,2-3,5-6H2,1H3,(H,13,16). The average Bonchev–Trinajstić information content (AvgIpc) is 2.88. The molecule has 1 amide bonds. The second kappa shape index (κ2) is 5.33. The van der Waals surface area contributed by atoms with Crippen LogP contribution in [0.5, 0.6) is 0 Å². The zero-order valence-corrected chi connectivity index (χ0v) is 10.6. The molecule has 0 spiro atoms. The zero-order chi connectivity index (χ0) is 12.3. The number of amides is 1. The van der Waals surface area contributed by atoms with E-state index in [1.165, 1.54) is 0 Å². The number of fused-ring (bicyclic) bond motifs is 1. The highest BCUT2D eigenvalue weighted by atomic mass is 32.1. The molecule has 0 atom stereocenters. The lowest BCUT2D eigenvalue weighted by Crippen LogP contribution is -2.27. The van der Waals surface area contributed by atoms with Crippen LogP contribution in [0.2, 0.25) is 0 Å². The van der Waals surface area contributed by atoms with E-state index in [4.69, 9.17) is 5.11 Å². The number of thiophene rings is 1. The fraction of sp³-hybridized carbons (Fsp3) is 0.417. The largest absolute Gasteiger partial charge is 0.396 e. The van der Waals surface area contributed by atoms with Crippen molar-refractivity contribution in [1.82, 2.24) is 9.88 Å². The molecule has 92 valence electrons. The molecule has 0 aliphatic rings. The summed E-state index contributed by atoms with van der Waals surface area (Å²) in [7, 11) is 0. The summed E-state index contributed by atoms with van der Waals surface area (Å²) in [6, 6.07) is 3.96. The minimum absolute atomic E-state index is 0.0660. The maximum atomic E-state index is 12.0. The van der Waals surface area contributed by atoms with Crippen molar-refractivity contribution in [3.63, 3.8) is 0 Å². The van der Waals surface area contributed by atoms with Crippen LogP contribution in [0.1, 0.15) is 23.8 Å². The van der Waals surface area contributed by atoms with E-state index in [9.17, 15) is 4.79 Å². The van der Waals surface area contributed by atoms with E-state index < -0.39 is 0 Å². The molecule has 2 N–H and O–H groups in total. The molecule has 17 heavy (non-hydrogen) atoms. The fourth-order valence-electron chi connectivity index (χ4n) is 1.88. The maximum Gasteiger partial charge on any atom is 0.267 e. The number of nitrogens with zero attached hydrogens (tertiary/aromatic N) is 1. The molecule has 0 aliphatic carbocycles. The van der Waals surface area contributed by atoms with Gasteiger partial charge in [0.2, 0.25) is 0 Å². The van der Waals surface area contributed by atoms with E-state index in [1.54, 1.807) is 11.3 Å². The number of hydrogen-bond donors (Lipinski definition) is 2. The van der Waals surface area contributed by atoms with E-state index in [1.807, 2.05) is 29.0 Å². The third-order valence-corrected chi connectivity index (χ3v) is 3.55. The molecule has 0 bridgehead atoms. The van der Waals surface area contributed by atoms with Crippen molar-refractivity contribution in [3.8, 4) is 0 Å². The molecule has 2 aromatic rings. The van der Waals surface area contributed by atoms with E-state index in [-0.39, 0.29) is 12.5 Å². The van der Waals surface area contributed by atoms with Gasteiger partial charge in [0.1, 0.15) is 5.69 Å². The van der Waals surface area contributed by atoms with Crippen molar-refractivity contribution < 1.29 is 9.90 Å². The lowest BCUT2D eigenvalue weighted by Gasteiger charge is -2.07. The Kier molecular flexibility index (Phi) is 3.81. The summed E-state index contributed by atoms with van der Waals surface area (Å²) in [5.74, 6) is -0.0660. The van der Waals surface area contributed by atoms with Gasteiger partial charge >= 0.3 is 0 Å². The summed E-state index contributed by atoms with van der Waals surface area (Å²) in [6.07, 6.45) is 0.590. The summed E-state index contributed by atoms with van der Waals surface area (Å²) < 4.78 is 3.15. The Labute approximate surface area is 104 Å². The second-order valence-corrected chi connectivity index (χ2v) is 4.72. The van der Waals surface area contributed by atoms with Gasteiger partial charge in [0.15, 0.2) is 0 Å². The number of carbonyl (C=O) groups is 1. The van der Waals surface area contributed by atoms with Gasteiger partial charge in [-0.3, -0.25) is 4.79 Å². The number of carbonyl (C=O) groups excluding carboxylic acids is 1. The number of hydrogen-bond acceptors (Lipinski definition) is 3. The first-order chi connectivity index (χ1) is 8.27. The third-order valence-electron chi connectivity index (χ3n) is 2.69. The van der Waals surface area contributed by atoms with Gasteiger partial charge in [-0.05, 0) is 30.9 Å². The highest BCUT2D eigenvalue weighted by Gasteiger charge is 2.14. The van der Waals surface area contributed by atoms with Gasteiger partial charge in [0.05, 0.1) is 10.2 Å². The lowest BCUT2D eigenvalue weighted by atomic mass is 10.3. The van der Waals surface area contributed by atoms with Gasteiger partial charge in [0, 0.05) is 19.7 Å². The SMILES string of the molecule is CCn1c(C(=O)NCCCO)cc2sccc21. The first kappa shape index (κ1) is 12.1. The molecule has 0 aliphatic heterocycles. The molecular formula is C12H16N2O2S. The Morgan fingerprint density at radius 1 is 1.59 bits per heavy atom. The van der Waals surface area contributed by atoms with Crippen molar-refractivity contribution in [2.24, 2.45) is 0 Å². The smallest absolute Gasteiger partial charge is 0.267 e. The molecule has 0 fully saturated rings.